The van der Waals surface area contributed by atoms with Gasteiger partial charge in [-0.3, -0.25) is 4.79 Å². The summed E-state index contributed by atoms with van der Waals surface area (Å²) in [6.07, 6.45) is 2.51. The number of anilines is 1. The zero-order valence-electron chi connectivity index (χ0n) is 12.2. The van der Waals surface area contributed by atoms with E-state index in [0.29, 0.717) is 25.7 Å². The van der Waals surface area contributed by atoms with Crippen LogP contribution in [0.4, 0.5) is 5.13 Å². The van der Waals surface area contributed by atoms with E-state index in [9.17, 15) is 4.79 Å². The van der Waals surface area contributed by atoms with Crippen LogP contribution in [0, 0.1) is 24.2 Å². The fraction of sp³-hybridized carbons (Fsp3) is 0.786. The Kier molecular flexibility index (Phi) is 3.15. The van der Waals surface area contributed by atoms with Gasteiger partial charge in [-0.1, -0.05) is 11.3 Å². The van der Waals surface area contributed by atoms with Gasteiger partial charge in [0.15, 0.2) is 0 Å². The van der Waals surface area contributed by atoms with Crippen LogP contribution in [0.2, 0.25) is 0 Å². The second-order valence-corrected chi connectivity index (χ2v) is 7.67. The summed E-state index contributed by atoms with van der Waals surface area (Å²) in [5, 5.41) is 13.3. The molecule has 3 fully saturated rings. The molecule has 2 saturated heterocycles. The van der Waals surface area contributed by atoms with Crippen LogP contribution in [0.1, 0.15) is 17.8 Å². The molecule has 3 heterocycles. The summed E-state index contributed by atoms with van der Waals surface area (Å²) < 4.78 is 5.63. The van der Waals surface area contributed by atoms with Gasteiger partial charge in [0.05, 0.1) is 18.6 Å². The first kappa shape index (κ1) is 13.5. The number of fused-ring (bicyclic) bond motifs is 1. The van der Waals surface area contributed by atoms with Crippen molar-refractivity contribution in [1.82, 2.24) is 15.5 Å². The van der Waals surface area contributed by atoms with Crippen molar-refractivity contribution in [2.75, 3.05) is 37.7 Å². The number of hydrogen-bond acceptors (Lipinski definition) is 6. The van der Waals surface area contributed by atoms with Gasteiger partial charge in [0.2, 0.25) is 11.0 Å². The Morgan fingerprint density at radius 3 is 3.10 bits per heavy atom. The van der Waals surface area contributed by atoms with E-state index in [0.717, 1.165) is 23.2 Å². The number of carbonyl (C=O) groups is 1. The van der Waals surface area contributed by atoms with E-state index < -0.39 is 5.41 Å². The van der Waals surface area contributed by atoms with Gasteiger partial charge in [-0.15, -0.1) is 10.2 Å². The minimum absolute atomic E-state index is 0.167. The smallest absolute Gasteiger partial charge is 0.230 e. The second kappa shape index (κ2) is 4.91. The van der Waals surface area contributed by atoms with Crippen LogP contribution in [0.25, 0.3) is 0 Å². The highest BCUT2D eigenvalue weighted by molar-refractivity contribution is 7.15. The number of aromatic nitrogens is 2. The van der Waals surface area contributed by atoms with Gasteiger partial charge in [-0.2, -0.15) is 0 Å². The highest BCUT2D eigenvalue weighted by Crippen LogP contribution is 2.43. The van der Waals surface area contributed by atoms with Gasteiger partial charge in [0.25, 0.3) is 0 Å². The van der Waals surface area contributed by atoms with Gasteiger partial charge in [0, 0.05) is 25.6 Å². The van der Waals surface area contributed by atoms with Gasteiger partial charge < -0.3 is 15.0 Å². The minimum Gasteiger partial charge on any atom is -0.380 e. The molecule has 6 nitrogen and oxygen atoms in total. The van der Waals surface area contributed by atoms with Crippen LogP contribution < -0.4 is 10.2 Å². The summed E-state index contributed by atoms with van der Waals surface area (Å²) in [6.45, 7) is 5.52. The Morgan fingerprint density at radius 1 is 1.52 bits per heavy atom. The van der Waals surface area contributed by atoms with Crippen molar-refractivity contribution in [2.45, 2.75) is 19.8 Å². The monoisotopic (exact) mass is 308 g/mol. The summed E-state index contributed by atoms with van der Waals surface area (Å²) in [6, 6.07) is 0. The number of carbonyl (C=O) groups excluding carboxylic acids is 1. The molecule has 7 heteroatoms. The van der Waals surface area contributed by atoms with Crippen molar-refractivity contribution >= 4 is 22.4 Å². The van der Waals surface area contributed by atoms with E-state index >= 15 is 0 Å². The number of hydrogen-bond donors (Lipinski definition) is 1. The Labute approximate surface area is 127 Å². The predicted molar refractivity (Wildman–Crippen MR) is 79.3 cm³/mol. The van der Waals surface area contributed by atoms with E-state index in [2.05, 4.69) is 20.4 Å². The molecule has 0 unspecified atom stereocenters. The maximum atomic E-state index is 12.7. The first-order valence-electron chi connectivity index (χ1n) is 7.58. The summed E-state index contributed by atoms with van der Waals surface area (Å²) in [5.41, 5.74) is -0.394. The Bertz CT molecular complexity index is 559. The van der Waals surface area contributed by atoms with E-state index in [1.165, 1.54) is 12.8 Å². The highest BCUT2D eigenvalue weighted by atomic mass is 32.1. The predicted octanol–water partition coefficient (Wildman–Crippen LogP) is 0.826. The molecule has 2 atom stereocenters. The van der Waals surface area contributed by atoms with Crippen molar-refractivity contribution in [1.29, 1.82) is 0 Å². The van der Waals surface area contributed by atoms with Gasteiger partial charge in [-0.05, 0) is 25.7 Å². The molecule has 1 aromatic heterocycles. The van der Waals surface area contributed by atoms with Gasteiger partial charge >= 0.3 is 0 Å². The molecule has 21 heavy (non-hydrogen) atoms. The topological polar surface area (TPSA) is 67.3 Å². The highest BCUT2D eigenvalue weighted by Gasteiger charge is 2.56. The Morgan fingerprint density at radius 2 is 2.38 bits per heavy atom. The van der Waals surface area contributed by atoms with Gasteiger partial charge in [-0.25, -0.2) is 0 Å². The number of rotatable bonds is 4. The van der Waals surface area contributed by atoms with Crippen LogP contribution in [-0.4, -0.2) is 49.0 Å². The summed E-state index contributed by atoms with van der Waals surface area (Å²) in [5.74, 6) is 1.14. The lowest BCUT2D eigenvalue weighted by atomic mass is 9.80. The molecule has 0 radical (unpaired) electrons. The number of ether oxygens (including phenoxy) is 1. The lowest BCUT2D eigenvalue weighted by molar-refractivity contribution is -0.131. The third-order valence-electron chi connectivity index (χ3n) is 4.86. The molecule has 114 valence electrons. The zero-order chi connectivity index (χ0) is 14.4. The maximum absolute atomic E-state index is 12.7. The summed E-state index contributed by atoms with van der Waals surface area (Å²) >= 11 is 1.59. The number of nitrogens with one attached hydrogen (secondary N) is 1. The molecule has 3 aliphatic rings. The average molecular weight is 308 g/mol. The number of amides is 1. The van der Waals surface area contributed by atoms with E-state index in [-0.39, 0.29) is 11.8 Å². The molecule has 1 aromatic rings. The summed E-state index contributed by atoms with van der Waals surface area (Å²) in [7, 11) is 0. The SMILES string of the molecule is Cc1nnc(N2C[C@H]3COC[C@@]3(C(=O)NCC3CC3)C2)s1. The van der Waals surface area contributed by atoms with E-state index in [1.807, 2.05) is 6.92 Å². The molecule has 1 saturated carbocycles. The molecule has 0 aromatic carbocycles. The zero-order valence-corrected chi connectivity index (χ0v) is 13.0. The lowest BCUT2D eigenvalue weighted by Crippen LogP contribution is -2.47. The van der Waals surface area contributed by atoms with Crippen LogP contribution in [0.3, 0.4) is 0 Å². The molecule has 0 spiro atoms. The summed E-state index contributed by atoms with van der Waals surface area (Å²) in [4.78, 5) is 14.9. The fourth-order valence-electron chi connectivity index (χ4n) is 3.35. The van der Waals surface area contributed by atoms with Crippen molar-refractivity contribution in [3.8, 4) is 0 Å². The lowest BCUT2D eigenvalue weighted by Gasteiger charge is -2.25. The molecular weight excluding hydrogens is 288 g/mol. The first-order valence-corrected chi connectivity index (χ1v) is 8.40. The maximum Gasteiger partial charge on any atom is 0.230 e. The fourth-order valence-corrected chi connectivity index (χ4v) is 4.05. The van der Waals surface area contributed by atoms with Crippen LogP contribution >= 0.6 is 11.3 Å². The first-order chi connectivity index (χ1) is 10.2. The van der Waals surface area contributed by atoms with Crippen LogP contribution in [-0.2, 0) is 9.53 Å². The van der Waals surface area contributed by atoms with Crippen LogP contribution in [0.5, 0.6) is 0 Å². The van der Waals surface area contributed by atoms with Crippen molar-refractivity contribution in [3.05, 3.63) is 5.01 Å². The molecule has 2 aliphatic heterocycles. The molecule has 1 amide bonds. The Balaban J connectivity index is 1.50. The number of aryl methyl sites for hydroxylation is 1. The molecule has 1 aliphatic carbocycles. The molecule has 0 bridgehead atoms. The number of nitrogens with zero attached hydrogens (tertiary/aromatic N) is 3. The Hall–Kier alpha value is -1.21. The van der Waals surface area contributed by atoms with E-state index in [4.69, 9.17) is 4.74 Å². The molecular formula is C14H20N4O2S. The van der Waals surface area contributed by atoms with Crippen LogP contribution in [0.15, 0.2) is 0 Å². The van der Waals surface area contributed by atoms with Crippen molar-refractivity contribution < 1.29 is 9.53 Å². The van der Waals surface area contributed by atoms with Gasteiger partial charge in [0.1, 0.15) is 5.01 Å². The third-order valence-corrected chi connectivity index (χ3v) is 5.76. The largest absolute Gasteiger partial charge is 0.380 e. The second-order valence-electron chi connectivity index (χ2n) is 6.51. The average Bonchev–Trinajstić information content (AvgIpc) is 2.87. The standard InChI is InChI=1S/C14H20N4O2S/c1-9-16-17-13(21-9)18-5-11-6-20-8-14(11,7-18)12(19)15-4-10-2-3-10/h10-11H,2-8H2,1H3,(H,15,19)/t11-,14-/m0/s1. The molecule has 4 rings (SSSR count). The molecule has 1 N–H and O–H groups in total. The van der Waals surface area contributed by atoms with Crippen molar-refractivity contribution in [2.24, 2.45) is 17.3 Å². The normalized spacial score (nSPS) is 31.5. The third kappa shape index (κ3) is 2.32. The van der Waals surface area contributed by atoms with E-state index in [1.54, 1.807) is 11.3 Å². The quantitative estimate of drug-likeness (QED) is 0.892. The van der Waals surface area contributed by atoms with Crippen molar-refractivity contribution in [3.63, 3.8) is 0 Å². The minimum atomic E-state index is -0.394.